The van der Waals surface area contributed by atoms with E-state index in [4.69, 9.17) is 4.98 Å². The summed E-state index contributed by atoms with van der Waals surface area (Å²) in [6.07, 6.45) is 3.79. The van der Waals surface area contributed by atoms with Gasteiger partial charge in [0.2, 0.25) is 0 Å². The van der Waals surface area contributed by atoms with Crippen LogP contribution in [0.2, 0.25) is 0 Å². The number of amides is 1. The smallest absolute Gasteiger partial charge is 0.254 e. The van der Waals surface area contributed by atoms with Gasteiger partial charge in [-0.05, 0) is 51.8 Å². The lowest BCUT2D eigenvalue weighted by Crippen LogP contribution is -2.30. The molecule has 2 heterocycles. The summed E-state index contributed by atoms with van der Waals surface area (Å²) >= 11 is 0. The Bertz CT molecular complexity index is 954. The maximum Gasteiger partial charge on any atom is 0.254 e. The largest absolute Gasteiger partial charge is 0.339 e. The molecule has 0 radical (unpaired) electrons. The maximum absolute atomic E-state index is 13.1. The molecule has 0 spiro atoms. The number of fused-ring (bicyclic) bond motifs is 1. The van der Waals surface area contributed by atoms with Crippen LogP contribution in [-0.2, 0) is 6.54 Å². The first kappa shape index (κ1) is 18.1. The van der Waals surface area contributed by atoms with Gasteiger partial charge in [0.1, 0.15) is 0 Å². The molecule has 0 fully saturated rings. The Balaban J connectivity index is 2.27. The van der Waals surface area contributed by atoms with Gasteiger partial charge in [0, 0.05) is 36.8 Å². The third-order valence-corrected chi connectivity index (χ3v) is 5.04. The van der Waals surface area contributed by atoms with E-state index in [0.29, 0.717) is 18.7 Å². The molecule has 0 aliphatic carbocycles. The normalized spacial score (nSPS) is 11.1. The van der Waals surface area contributed by atoms with E-state index >= 15 is 0 Å². The molecule has 0 saturated heterocycles. The molecule has 26 heavy (non-hydrogen) atoms. The van der Waals surface area contributed by atoms with Crippen LogP contribution in [0.3, 0.4) is 0 Å². The Labute approximate surface area is 154 Å². The molecular weight excluding hydrogens is 324 g/mol. The van der Waals surface area contributed by atoms with Crippen LogP contribution in [0.5, 0.6) is 0 Å². The minimum absolute atomic E-state index is 0.0507. The topological polar surface area (TPSA) is 51.0 Å². The van der Waals surface area contributed by atoms with Gasteiger partial charge in [0.15, 0.2) is 0 Å². The van der Waals surface area contributed by atoms with Gasteiger partial charge in [0.05, 0.1) is 23.0 Å². The monoisotopic (exact) mass is 350 g/mol. The van der Waals surface area contributed by atoms with E-state index in [9.17, 15) is 4.79 Å². The van der Waals surface area contributed by atoms with Crippen LogP contribution in [0.15, 0.2) is 30.6 Å². The first-order chi connectivity index (χ1) is 12.5. The van der Waals surface area contributed by atoms with Crippen molar-refractivity contribution in [1.29, 1.82) is 0 Å². The van der Waals surface area contributed by atoms with E-state index in [1.165, 1.54) is 5.56 Å². The average molecular weight is 350 g/mol. The van der Waals surface area contributed by atoms with Crippen LogP contribution in [0, 0.1) is 13.8 Å². The Morgan fingerprint density at radius 3 is 2.50 bits per heavy atom. The second-order valence-electron chi connectivity index (χ2n) is 6.52. The number of nitrogens with zero attached hydrogens (tertiary/aromatic N) is 4. The molecule has 3 aromatic rings. The Morgan fingerprint density at radius 2 is 1.88 bits per heavy atom. The molecule has 5 nitrogen and oxygen atoms in total. The van der Waals surface area contributed by atoms with E-state index in [1.54, 1.807) is 0 Å². The van der Waals surface area contributed by atoms with Gasteiger partial charge < -0.3 is 4.90 Å². The Morgan fingerprint density at radius 1 is 1.15 bits per heavy atom. The van der Waals surface area contributed by atoms with E-state index in [-0.39, 0.29) is 5.91 Å². The predicted molar refractivity (Wildman–Crippen MR) is 105 cm³/mol. The summed E-state index contributed by atoms with van der Waals surface area (Å²) in [6.45, 7) is 12.4. The quantitative estimate of drug-likeness (QED) is 0.692. The van der Waals surface area contributed by atoms with Gasteiger partial charge in [-0.1, -0.05) is 12.1 Å². The summed E-state index contributed by atoms with van der Waals surface area (Å²) in [6, 6.07) is 5.99. The molecule has 2 aromatic heterocycles. The van der Waals surface area contributed by atoms with Gasteiger partial charge in [-0.15, -0.1) is 0 Å². The van der Waals surface area contributed by atoms with Crippen LogP contribution in [0.4, 0.5) is 0 Å². The molecule has 0 aliphatic rings. The number of benzene rings is 1. The zero-order valence-electron chi connectivity index (χ0n) is 16.2. The lowest BCUT2D eigenvalue weighted by atomic mass is 9.99. The van der Waals surface area contributed by atoms with Crippen molar-refractivity contribution >= 4 is 16.8 Å². The van der Waals surface area contributed by atoms with Gasteiger partial charge in [0.25, 0.3) is 5.91 Å². The van der Waals surface area contributed by atoms with Crippen LogP contribution in [0.25, 0.3) is 22.2 Å². The fourth-order valence-electron chi connectivity index (χ4n) is 3.20. The van der Waals surface area contributed by atoms with Crippen LogP contribution in [-0.4, -0.2) is 38.7 Å². The van der Waals surface area contributed by atoms with Crippen LogP contribution < -0.4 is 0 Å². The molecule has 1 aromatic carbocycles. The Kier molecular flexibility index (Phi) is 5.07. The SMILES string of the molecule is CCN(CC)C(=O)c1cc(-c2cnn(CC)c2)nc2c(C)c(C)ccc12. The minimum atomic E-state index is 0.0507. The van der Waals surface area contributed by atoms with Crippen molar-refractivity contribution < 1.29 is 4.79 Å². The number of aryl methyl sites for hydroxylation is 3. The molecule has 0 unspecified atom stereocenters. The van der Waals surface area contributed by atoms with E-state index in [2.05, 4.69) is 25.0 Å². The third kappa shape index (κ3) is 3.09. The zero-order chi connectivity index (χ0) is 18.8. The average Bonchev–Trinajstić information content (AvgIpc) is 3.14. The molecule has 0 saturated carbocycles. The van der Waals surface area contributed by atoms with E-state index in [0.717, 1.165) is 34.3 Å². The van der Waals surface area contributed by atoms with Crippen LogP contribution in [0.1, 0.15) is 42.3 Å². The van der Waals surface area contributed by atoms with Crippen molar-refractivity contribution in [1.82, 2.24) is 19.7 Å². The molecule has 3 rings (SSSR count). The molecule has 0 N–H and O–H groups in total. The van der Waals surface area contributed by atoms with E-state index < -0.39 is 0 Å². The molecular formula is C21H26N4O. The molecule has 1 amide bonds. The molecule has 136 valence electrons. The molecule has 0 bridgehead atoms. The molecule has 0 aliphatic heterocycles. The van der Waals surface area contributed by atoms with Crippen molar-refractivity contribution in [2.24, 2.45) is 0 Å². The van der Waals surface area contributed by atoms with Gasteiger partial charge in [-0.2, -0.15) is 5.10 Å². The number of carbonyl (C=O) groups is 1. The van der Waals surface area contributed by atoms with Crippen LogP contribution >= 0.6 is 0 Å². The van der Waals surface area contributed by atoms with Crippen molar-refractivity contribution in [2.75, 3.05) is 13.1 Å². The highest BCUT2D eigenvalue weighted by atomic mass is 16.2. The summed E-state index contributed by atoms with van der Waals surface area (Å²) in [7, 11) is 0. The van der Waals surface area contributed by atoms with Crippen molar-refractivity contribution in [3.63, 3.8) is 0 Å². The summed E-state index contributed by atoms with van der Waals surface area (Å²) < 4.78 is 1.87. The minimum Gasteiger partial charge on any atom is -0.339 e. The predicted octanol–water partition coefficient (Wildman–Crippen LogP) is 4.22. The lowest BCUT2D eigenvalue weighted by molar-refractivity contribution is 0.0775. The number of pyridine rings is 1. The highest BCUT2D eigenvalue weighted by molar-refractivity contribution is 6.08. The summed E-state index contributed by atoms with van der Waals surface area (Å²) in [5.74, 6) is 0.0507. The first-order valence-electron chi connectivity index (χ1n) is 9.23. The van der Waals surface area contributed by atoms with Gasteiger partial charge in [-0.3, -0.25) is 9.48 Å². The summed E-state index contributed by atoms with van der Waals surface area (Å²) in [5.41, 5.74) is 5.61. The highest BCUT2D eigenvalue weighted by Crippen LogP contribution is 2.29. The third-order valence-electron chi connectivity index (χ3n) is 5.04. The number of hydrogen-bond acceptors (Lipinski definition) is 3. The molecule has 0 atom stereocenters. The van der Waals surface area contributed by atoms with Gasteiger partial charge >= 0.3 is 0 Å². The standard InChI is InChI=1S/C21H26N4O/c1-6-24(7-2)21(26)18-11-19(16-12-22-25(8-3)13-16)23-20-15(5)14(4)9-10-17(18)20/h9-13H,6-8H2,1-5H3. The number of carbonyl (C=O) groups excluding carboxylic acids is 1. The molecule has 5 heteroatoms. The lowest BCUT2D eigenvalue weighted by Gasteiger charge is -2.20. The van der Waals surface area contributed by atoms with Crippen molar-refractivity contribution in [3.05, 3.63) is 47.3 Å². The fraction of sp³-hybridized carbons (Fsp3) is 0.381. The van der Waals surface area contributed by atoms with Gasteiger partial charge in [-0.25, -0.2) is 4.98 Å². The number of hydrogen-bond donors (Lipinski definition) is 0. The second kappa shape index (κ2) is 7.28. The number of aromatic nitrogens is 3. The zero-order valence-corrected chi connectivity index (χ0v) is 16.2. The Hall–Kier alpha value is -2.69. The van der Waals surface area contributed by atoms with Crippen molar-refractivity contribution in [2.45, 2.75) is 41.2 Å². The fourth-order valence-corrected chi connectivity index (χ4v) is 3.20. The summed E-state index contributed by atoms with van der Waals surface area (Å²) in [5, 5.41) is 5.27. The summed E-state index contributed by atoms with van der Waals surface area (Å²) in [4.78, 5) is 19.9. The number of rotatable bonds is 5. The highest BCUT2D eigenvalue weighted by Gasteiger charge is 2.19. The maximum atomic E-state index is 13.1. The van der Waals surface area contributed by atoms with Crippen molar-refractivity contribution in [3.8, 4) is 11.3 Å². The second-order valence-corrected chi connectivity index (χ2v) is 6.52. The van der Waals surface area contributed by atoms with E-state index in [1.807, 2.05) is 54.9 Å². The first-order valence-corrected chi connectivity index (χ1v) is 9.23.